The number of nitrogens with one attached hydrogen (secondary N) is 1. The molecule has 1 heterocycles. The van der Waals surface area contributed by atoms with Crippen LogP contribution in [0.5, 0.6) is 5.75 Å². The molecule has 1 aromatic heterocycles. The van der Waals surface area contributed by atoms with Crippen molar-refractivity contribution in [3.05, 3.63) is 60.3 Å². The Hall–Kier alpha value is -1.66. The monoisotopic (exact) mass is 350 g/mol. The number of ether oxygens (including phenoxy) is 1. The highest BCUT2D eigenvalue weighted by Gasteiger charge is 2.23. The van der Waals surface area contributed by atoms with Crippen LogP contribution < -0.4 is 10.1 Å². The fourth-order valence-electron chi connectivity index (χ4n) is 2.43. The fourth-order valence-corrected chi connectivity index (χ4v) is 3.13. The summed E-state index contributed by atoms with van der Waals surface area (Å²) < 4.78 is 11.4. The first kappa shape index (κ1) is 17.7. The van der Waals surface area contributed by atoms with Gasteiger partial charge in [0, 0.05) is 18.1 Å². The van der Waals surface area contributed by atoms with Crippen molar-refractivity contribution < 1.29 is 9.84 Å². The molecule has 2 aromatic carbocycles. The molecule has 23 heavy (non-hydrogen) atoms. The predicted octanol–water partition coefficient (Wildman–Crippen LogP) is 3.42. The summed E-state index contributed by atoms with van der Waals surface area (Å²) in [5.41, 5.74) is 0.951. The van der Waals surface area contributed by atoms with Crippen LogP contribution in [0.4, 0.5) is 0 Å². The van der Waals surface area contributed by atoms with E-state index in [1.807, 2.05) is 61.8 Å². The number of hydrogen-bond donors (Lipinski definition) is 2. The first-order valence-corrected chi connectivity index (χ1v) is 7.94. The molecule has 4 nitrogen and oxygen atoms in total. The van der Waals surface area contributed by atoms with Gasteiger partial charge in [-0.2, -0.15) is 4.37 Å². The lowest BCUT2D eigenvalue weighted by molar-refractivity contribution is 0.0380. The molecule has 0 aliphatic rings. The molecular formula is C17H19ClN2O2S. The summed E-state index contributed by atoms with van der Waals surface area (Å²) in [4.78, 5) is 0. The molecule has 0 saturated carbocycles. The van der Waals surface area contributed by atoms with Crippen molar-refractivity contribution in [2.24, 2.45) is 0 Å². The smallest absolute Gasteiger partial charge is 0.151 e. The summed E-state index contributed by atoms with van der Waals surface area (Å²) in [6.07, 6.45) is 0.755. The van der Waals surface area contributed by atoms with E-state index in [1.54, 1.807) is 0 Å². The van der Waals surface area contributed by atoms with Crippen LogP contribution in [0.3, 0.4) is 0 Å². The summed E-state index contributed by atoms with van der Waals surface area (Å²) in [5.74, 6) is 0.754. The molecular weight excluding hydrogens is 332 g/mol. The molecule has 0 amide bonds. The van der Waals surface area contributed by atoms with E-state index in [-0.39, 0.29) is 12.4 Å². The third-order valence-corrected chi connectivity index (χ3v) is 4.32. The Morgan fingerprint density at radius 1 is 1.17 bits per heavy atom. The van der Waals surface area contributed by atoms with Crippen molar-refractivity contribution in [3.8, 4) is 5.75 Å². The van der Waals surface area contributed by atoms with Crippen LogP contribution in [-0.2, 0) is 0 Å². The van der Waals surface area contributed by atoms with Crippen molar-refractivity contribution in [3.63, 3.8) is 0 Å². The molecule has 0 aliphatic heterocycles. The van der Waals surface area contributed by atoms with Gasteiger partial charge in [0.25, 0.3) is 0 Å². The lowest BCUT2D eigenvalue weighted by atomic mass is 10.0. The van der Waals surface area contributed by atoms with Crippen LogP contribution in [0.1, 0.15) is 11.7 Å². The molecule has 0 unspecified atom stereocenters. The van der Waals surface area contributed by atoms with E-state index in [2.05, 4.69) is 9.69 Å². The molecule has 3 aromatic rings. The van der Waals surface area contributed by atoms with Crippen molar-refractivity contribution in [2.45, 2.75) is 12.2 Å². The summed E-state index contributed by atoms with van der Waals surface area (Å²) >= 11 is 1.40. The number of aromatic nitrogens is 1. The number of hydrogen-bond acceptors (Lipinski definition) is 5. The number of aliphatic hydroxyl groups excluding tert-OH is 1. The Labute approximate surface area is 145 Å². The Morgan fingerprint density at radius 2 is 1.96 bits per heavy atom. The van der Waals surface area contributed by atoms with Gasteiger partial charge in [0.05, 0.1) is 4.70 Å². The molecule has 3 rings (SSSR count). The van der Waals surface area contributed by atoms with Crippen molar-refractivity contribution >= 4 is 34.0 Å². The van der Waals surface area contributed by atoms with E-state index >= 15 is 0 Å². The van der Waals surface area contributed by atoms with Gasteiger partial charge in [0.1, 0.15) is 11.9 Å². The molecule has 0 bridgehead atoms. The van der Waals surface area contributed by atoms with E-state index in [9.17, 15) is 5.11 Å². The summed E-state index contributed by atoms with van der Waals surface area (Å²) in [6, 6.07) is 15.7. The minimum absolute atomic E-state index is 0. The second-order valence-corrected chi connectivity index (χ2v) is 5.88. The molecule has 0 aliphatic carbocycles. The van der Waals surface area contributed by atoms with E-state index in [4.69, 9.17) is 4.74 Å². The van der Waals surface area contributed by atoms with Gasteiger partial charge in [-0.15, -0.1) is 12.4 Å². The number of nitrogens with zero attached hydrogens (tertiary/aromatic N) is 1. The fraction of sp³-hybridized carbons (Fsp3) is 0.235. The van der Waals surface area contributed by atoms with E-state index < -0.39 is 12.2 Å². The van der Waals surface area contributed by atoms with E-state index in [0.717, 1.165) is 21.4 Å². The number of halogens is 1. The number of aliphatic hydroxyl groups is 1. The maximum Gasteiger partial charge on any atom is 0.151 e. The largest absolute Gasteiger partial charge is 0.481 e. The molecule has 6 heteroatoms. The number of rotatable bonds is 6. The van der Waals surface area contributed by atoms with Crippen LogP contribution >= 0.6 is 23.9 Å². The minimum atomic E-state index is -0.643. The maximum absolute atomic E-state index is 10.4. The number of likely N-dealkylation sites (N-methyl/N-ethyl adjacent to an activating group) is 1. The molecule has 2 atom stereocenters. The van der Waals surface area contributed by atoms with Crippen molar-refractivity contribution in [1.29, 1.82) is 0 Å². The van der Waals surface area contributed by atoms with Gasteiger partial charge in [-0.1, -0.05) is 42.5 Å². The molecule has 2 N–H and O–H groups in total. The second-order valence-electron chi connectivity index (χ2n) is 5.07. The first-order valence-electron chi connectivity index (χ1n) is 7.17. The van der Waals surface area contributed by atoms with Crippen LogP contribution in [0, 0.1) is 0 Å². The zero-order chi connectivity index (χ0) is 15.4. The molecule has 0 saturated heterocycles. The Kier molecular flexibility index (Phi) is 6.36. The summed E-state index contributed by atoms with van der Waals surface area (Å²) in [7, 11) is 1.81. The highest BCUT2D eigenvalue weighted by atomic mass is 35.5. The SMILES string of the molecule is CNC[C@H](O)[C@H](Oc1cccc2cnsc12)c1ccccc1.Cl. The molecule has 122 valence electrons. The number of fused-ring (bicyclic) bond motifs is 1. The number of benzene rings is 2. The zero-order valence-electron chi connectivity index (χ0n) is 12.7. The third kappa shape index (κ3) is 4.00. The van der Waals surface area contributed by atoms with Crippen LogP contribution in [0.15, 0.2) is 54.7 Å². The Morgan fingerprint density at radius 3 is 2.70 bits per heavy atom. The summed E-state index contributed by atoms with van der Waals surface area (Å²) in [6.45, 7) is 0.457. The zero-order valence-corrected chi connectivity index (χ0v) is 14.3. The summed E-state index contributed by atoms with van der Waals surface area (Å²) in [5, 5.41) is 14.5. The van der Waals surface area contributed by atoms with E-state index in [1.165, 1.54) is 11.5 Å². The third-order valence-electron chi connectivity index (χ3n) is 3.49. The van der Waals surface area contributed by atoms with Crippen LogP contribution in [0.25, 0.3) is 10.1 Å². The molecule has 0 fully saturated rings. The van der Waals surface area contributed by atoms with Gasteiger partial charge in [-0.05, 0) is 30.2 Å². The van der Waals surface area contributed by atoms with Gasteiger partial charge in [0.2, 0.25) is 0 Å². The minimum Gasteiger partial charge on any atom is -0.481 e. The topological polar surface area (TPSA) is 54.4 Å². The van der Waals surface area contributed by atoms with E-state index in [0.29, 0.717) is 6.54 Å². The maximum atomic E-state index is 10.4. The average molecular weight is 351 g/mol. The lowest BCUT2D eigenvalue weighted by Crippen LogP contribution is -2.32. The van der Waals surface area contributed by atoms with Crippen molar-refractivity contribution in [1.82, 2.24) is 9.69 Å². The van der Waals surface area contributed by atoms with Crippen LogP contribution in [0.2, 0.25) is 0 Å². The second kappa shape index (κ2) is 8.26. The highest BCUT2D eigenvalue weighted by Crippen LogP contribution is 2.33. The average Bonchev–Trinajstić information content (AvgIpc) is 3.03. The molecule has 0 spiro atoms. The highest BCUT2D eigenvalue weighted by molar-refractivity contribution is 7.13. The normalized spacial score (nSPS) is 13.3. The quantitative estimate of drug-likeness (QED) is 0.715. The van der Waals surface area contributed by atoms with Gasteiger partial charge in [-0.25, -0.2) is 0 Å². The van der Waals surface area contributed by atoms with Gasteiger partial charge in [0.15, 0.2) is 6.10 Å². The van der Waals surface area contributed by atoms with Gasteiger partial charge in [-0.3, -0.25) is 0 Å². The Bertz CT molecular complexity index is 736. The van der Waals surface area contributed by atoms with Crippen LogP contribution in [-0.4, -0.2) is 29.2 Å². The first-order chi connectivity index (χ1) is 10.8. The lowest BCUT2D eigenvalue weighted by Gasteiger charge is -2.24. The Balaban J connectivity index is 0.00000192. The van der Waals surface area contributed by atoms with Gasteiger partial charge >= 0.3 is 0 Å². The van der Waals surface area contributed by atoms with Crippen molar-refractivity contribution in [2.75, 3.05) is 13.6 Å². The molecule has 0 radical (unpaired) electrons. The predicted molar refractivity (Wildman–Crippen MR) is 96.6 cm³/mol. The van der Waals surface area contributed by atoms with Gasteiger partial charge < -0.3 is 15.2 Å². The standard InChI is InChI=1S/C17H18N2O2S.ClH/c1-18-11-14(20)16(12-6-3-2-4-7-12)21-15-9-5-8-13-10-19-22-17(13)15;/h2-10,14,16,18,20H,11H2,1H3;1H/t14-,16+;/m0./s1.